The van der Waals surface area contributed by atoms with E-state index < -0.39 is 17.2 Å². The van der Waals surface area contributed by atoms with Crippen LogP contribution in [-0.4, -0.2) is 47.3 Å². The zero-order valence-electron chi connectivity index (χ0n) is 16.6. The predicted molar refractivity (Wildman–Crippen MR) is 106 cm³/mol. The summed E-state index contributed by atoms with van der Waals surface area (Å²) in [6, 6.07) is 1.91. The standard InChI is InChI=1S/C20H24ClF2N3O2/c1-11-10-25(19(27)28-20(3,4)5)6-7-26(11)18-12(2)17(21)16-14(23)8-13(22)9-15(16)24-18/h8-9,11H,6-7,10H2,1-5H3/t11-/m0/s1. The minimum absolute atomic E-state index is 0.0700. The van der Waals surface area contributed by atoms with Gasteiger partial charge in [0.25, 0.3) is 0 Å². The number of nitrogens with zero attached hydrogens (tertiary/aromatic N) is 3. The van der Waals surface area contributed by atoms with Crippen LogP contribution in [0.1, 0.15) is 33.3 Å². The van der Waals surface area contributed by atoms with Crippen LogP contribution in [-0.2, 0) is 4.74 Å². The van der Waals surface area contributed by atoms with Gasteiger partial charge in [-0.15, -0.1) is 0 Å². The Bertz CT molecular complexity index is 930. The third kappa shape index (κ3) is 3.99. The summed E-state index contributed by atoms with van der Waals surface area (Å²) in [5.41, 5.74) is 0.234. The van der Waals surface area contributed by atoms with Gasteiger partial charge in [-0.2, -0.15) is 0 Å². The minimum Gasteiger partial charge on any atom is -0.444 e. The van der Waals surface area contributed by atoms with Gasteiger partial charge in [-0.1, -0.05) is 11.6 Å². The van der Waals surface area contributed by atoms with E-state index in [1.165, 1.54) is 6.07 Å². The number of ether oxygens (including phenoxy) is 1. The van der Waals surface area contributed by atoms with Crippen LogP contribution in [0.4, 0.5) is 19.4 Å². The summed E-state index contributed by atoms with van der Waals surface area (Å²) in [5.74, 6) is -0.866. The van der Waals surface area contributed by atoms with Crippen LogP contribution in [0.2, 0.25) is 5.02 Å². The van der Waals surface area contributed by atoms with Crippen molar-refractivity contribution in [3.8, 4) is 0 Å². The number of benzene rings is 1. The molecule has 1 fully saturated rings. The average molecular weight is 412 g/mol. The summed E-state index contributed by atoms with van der Waals surface area (Å²) in [6.07, 6.45) is -0.357. The molecule has 0 saturated carbocycles. The Morgan fingerprint density at radius 3 is 2.57 bits per heavy atom. The number of amides is 1. The van der Waals surface area contributed by atoms with Crippen LogP contribution in [0, 0.1) is 18.6 Å². The Balaban J connectivity index is 1.90. The third-order valence-corrected chi connectivity index (χ3v) is 5.17. The molecular weight excluding hydrogens is 388 g/mol. The van der Waals surface area contributed by atoms with Crippen molar-refractivity contribution < 1.29 is 18.3 Å². The Hall–Kier alpha value is -2.15. The van der Waals surface area contributed by atoms with Crippen LogP contribution in [0.15, 0.2) is 12.1 Å². The molecular formula is C20H24ClF2N3O2. The summed E-state index contributed by atoms with van der Waals surface area (Å²) >= 11 is 6.39. The second-order valence-corrected chi connectivity index (χ2v) is 8.50. The molecule has 2 heterocycles. The van der Waals surface area contributed by atoms with Gasteiger partial charge in [0.05, 0.1) is 15.9 Å². The molecule has 1 amide bonds. The van der Waals surface area contributed by atoms with Crippen molar-refractivity contribution >= 4 is 34.4 Å². The highest BCUT2D eigenvalue weighted by molar-refractivity contribution is 6.36. The molecule has 1 aromatic heterocycles. The third-order valence-electron chi connectivity index (χ3n) is 4.70. The van der Waals surface area contributed by atoms with Crippen molar-refractivity contribution in [1.82, 2.24) is 9.88 Å². The van der Waals surface area contributed by atoms with Crippen molar-refractivity contribution in [2.24, 2.45) is 0 Å². The molecule has 0 spiro atoms. The topological polar surface area (TPSA) is 45.7 Å². The lowest BCUT2D eigenvalue weighted by molar-refractivity contribution is 0.0218. The lowest BCUT2D eigenvalue weighted by Gasteiger charge is -2.41. The van der Waals surface area contributed by atoms with Crippen molar-refractivity contribution in [2.75, 3.05) is 24.5 Å². The predicted octanol–water partition coefficient (Wildman–Crippen LogP) is 4.92. The molecule has 152 valence electrons. The number of pyridine rings is 1. The molecule has 0 N–H and O–H groups in total. The Morgan fingerprint density at radius 2 is 1.96 bits per heavy atom. The summed E-state index contributed by atoms with van der Waals surface area (Å²) < 4.78 is 33.3. The molecule has 5 nitrogen and oxygen atoms in total. The number of hydrogen-bond donors (Lipinski definition) is 0. The first-order valence-electron chi connectivity index (χ1n) is 9.17. The maximum absolute atomic E-state index is 14.2. The van der Waals surface area contributed by atoms with E-state index in [1.54, 1.807) is 11.8 Å². The van der Waals surface area contributed by atoms with E-state index in [1.807, 2.05) is 32.6 Å². The highest BCUT2D eigenvalue weighted by atomic mass is 35.5. The number of piperazine rings is 1. The van der Waals surface area contributed by atoms with Crippen molar-refractivity contribution in [3.05, 3.63) is 34.4 Å². The van der Waals surface area contributed by atoms with Crippen LogP contribution >= 0.6 is 11.6 Å². The summed E-state index contributed by atoms with van der Waals surface area (Å²) in [4.78, 5) is 20.5. The molecule has 1 aliphatic heterocycles. The number of carbonyl (C=O) groups is 1. The van der Waals surface area contributed by atoms with Gasteiger partial charge in [0.1, 0.15) is 23.1 Å². The van der Waals surface area contributed by atoms with Crippen LogP contribution in [0.5, 0.6) is 0 Å². The number of carbonyl (C=O) groups excluding carboxylic acids is 1. The van der Waals surface area contributed by atoms with E-state index in [4.69, 9.17) is 16.3 Å². The van der Waals surface area contributed by atoms with Crippen molar-refractivity contribution in [2.45, 2.75) is 46.3 Å². The van der Waals surface area contributed by atoms with E-state index >= 15 is 0 Å². The van der Waals surface area contributed by atoms with Gasteiger partial charge in [-0.3, -0.25) is 0 Å². The molecule has 0 unspecified atom stereocenters. The number of hydrogen-bond acceptors (Lipinski definition) is 4. The van der Waals surface area contributed by atoms with Crippen LogP contribution in [0.25, 0.3) is 10.9 Å². The first-order valence-corrected chi connectivity index (χ1v) is 9.55. The van der Waals surface area contributed by atoms with Gasteiger partial charge in [-0.05, 0) is 34.6 Å². The first kappa shape index (κ1) is 20.6. The van der Waals surface area contributed by atoms with Gasteiger partial charge < -0.3 is 14.5 Å². The Morgan fingerprint density at radius 1 is 1.29 bits per heavy atom. The molecule has 1 aliphatic rings. The normalized spacial score (nSPS) is 17.9. The smallest absolute Gasteiger partial charge is 0.410 e. The lowest BCUT2D eigenvalue weighted by atomic mass is 10.1. The molecule has 28 heavy (non-hydrogen) atoms. The van der Waals surface area contributed by atoms with Gasteiger partial charge in [-0.25, -0.2) is 18.6 Å². The van der Waals surface area contributed by atoms with E-state index in [0.717, 1.165) is 6.07 Å². The molecule has 1 atom stereocenters. The second-order valence-electron chi connectivity index (χ2n) is 8.12. The fraction of sp³-hybridized carbons (Fsp3) is 0.500. The molecule has 3 rings (SSSR count). The van der Waals surface area contributed by atoms with Crippen LogP contribution in [0.3, 0.4) is 0 Å². The number of halogens is 3. The molecule has 1 aromatic carbocycles. The molecule has 0 aliphatic carbocycles. The zero-order chi connectivity index (χ0) is 20.8. The highest BCUT2D eigenvalue weighted by Crippen LogP contribution is 2.35. The summed E-state index contributed by atoms with van der Waals surface area (Å²) in [7, 11) is 0. The monoisotopic (exact) mass is 411 g/mol. The number of aromatic nitrogens is 1. The summed E-state index contributed by atoms with van der Waals surface area (Å²) in [6.45, 7) is 10.6. The molecule has 1 saturated heterocycles. The zero-order valence-corrected chi connectivity index (χ0v) is 17.4. The fourth-order valence-electron chi connectivity index (χ4n) is 3.39. The molecule has 8 heteroatoms. The van der Waals surface area contributed by atoms with Crippen LogP contribution < -0.4 is 4.90 Å². The van der Waals surface area contributed by atoms with Gasteiger partial charge >= 0.3 is 6.09 Å². The number of rotatable bonds is 1. The molecule has 0 bridgehead atoms. The van der Waals surface area contributed by atoms with Gasteiger partial charge in [0, 0.05) is 43.4 Å². The summed E-state index contributed by atoms with van der Waals surface area (Å²) in [5, 5.41) is 0.337. The lowest BCUT2D eigenvalue weighted by Crippen LogP contribution is -2.55. The van der Waals surface area contributed by atoms with E-state index in [0.29, 0.717) is 31.0 Å². The maximum Gasteiger partial charge on any atom is 0.410 e. The second kappa shape index (κ2) is 7.35. The van der Waals surface area contributed by atoms with Crippen molar-refractivity contribution in [3.63, 3.8) is 0 Å². The van der Waals surface area contributed by atoms with E-state index in [-0.39, 0.29) is 28.1 Å². The minimum atomic E-state index is -0.732. The number of anilines is 1. The molecule has 0 radical (unpaired) electrons. The first-order chi connectivity index (χ1) is 13.0. The average Bonchev–Trinajstić information content (AvgIpc) is 2.56. The quantitative estimate of drug-likeness (QED) is 0.668. The largest absolute Gasteiger partial charge is 0.444 e. The Kier molecular flexibility index (Phi) is 5.40. The Labute approximate surface area is 168 Å². The van der Waals surface area contributed by atoms with E-state index in [2.05, 4.69) is 4.98 Å². The molecule has 2 aromatic rings. The van der Waals surface area contributed by atoms with Crippen molar-refractivity contribution in [1.29, 1.82) is 0 Å². The van der Waals surface area contributed by atoms with E-state index in [9.17, 15) is 13.6 Å². The fourth-order valence-corrected chi connectivity index (χ4v) is 3.66. The van der Waals surface area contributed by atoms with Gasteiger partial charge in [0.15, 0.2) is 0 Å². The highest BCUT2D eigenvalue weighted by Gasteiger charge is 2.31. The maximum atomic E-state index is 14.2. The SMILES string of the molecule is Cc1c(N2CCN(C(=O)OC(C)(C)C)C[C@@H]2C)nc2cc(F)cc(F)c2c1Cl. The number of fused-ring (bicyclic) bond motifs is 1. The van der Waals surface area contributed by atoms with Gasteiger partial charge in [0.2, 0.25) is 0 Å².